The average molecular weight is 219 g/mol. The van der Waals surface area contributed by atoms with Gasteiger partial charge in [-0.05, 0) is 28.9 Å². The Hall–Kier alpha value is -0.480. The summed E-state index contributed by atoms with van der Waals surface area (Å²) in [7, 11) is 0. The second-order valence-electron chi connectivity index (χ2n) is 2.32. The van der Waals surface area contributed by atoms with Crippen molar-refractivity contribution in [3.63, 3.8) is 0 Å². The number of aromatic nitrogens is 1. The molecule has 0 spiro atoms. The van der Waals surface area contributed by atoms with E-state index in [4.69, 9.17) is 5.73 Å². The van der Waals surface area contributed by atoms with Gasteiger partial charge < -0.3 is 5.73 Å². The van der Waals surface area contributed by atoms with Gasteiger partial charge in [0.05, 0.1) is 0 Å². The SMILES string of the molecule is C[C@@H](N)c1cc(Br)cnc1F. The number of nitrogens with zero attached hydrogens (tertiary/aromatic N) is 1. The maximum Gasteiger partial charge on any atom is 0.217 e. The van der Waals surface area contributed by atoms with Gasteiger partial charge in [-0.15, -0.1) is 0 Å². The summed E-state index contributed by atoms with van der Waals surface area (Å²) in [5.74, 6) is -0.497. The fourth-order valence-electron chi connectivity index (χ4n) is 0.758. The molecule has 60 valence electrons. The molecule has 0 aliphatic carbocycles. The van der Waals surface area contributed by atoms with Crippen LogP contribution in [0.2, 0.25) is 0 Å². The molecular formula is C7H8BrFN2. The fourth-order valence-corrected chi connectivity index (χ4v) is 1.11. The van der Waals surface area contributed by atoms with Crippen molar-refractivity contribution in [3.8, 4) is 0 Å². The van der Waals surface area contributed by atoms with E-state index in [1.54, 1.807) is 13.0 Å². The van der Waals surface area contributed by atoms with Crippen LogP contribution in [0.15, 0.2) is 16.7 Å². The van der Waals surface area contributed by atoms with Crippen molar-refractivity contribution in [1.29, 1.82) is 0 Å². The molecule has 0 radical (unpaired) electrons. The monoisotopic (exact) mass is 218 g/mol. The Morgan fingerprint density at radius 1 is 1.73 bits per heavy atom. The Morgan fingerprint density at radius 2 is 2.36 bits per heavy atom. The third-order valence-corrected chi connectivity index (χ3v) is 1.76. The van der Waals surface area contributed by atoms with Gasteiger partial charge in [0.15, 0.2) is 0 Å². The van der Waals surface area contributed by atoms with Crippen molar-refractivity contribution >= 4 is 15.9 Å². The molecular weight excluding hydrogens is 211 g/mol. The smallest absolute Gasteiger partial charge is 0.217 e. The molecule has 4 heteroatoms. The Balaban J connectivity index is 3.13. The topological polar surface area (TPSA) is 38.9 Å². The van der Waals surface area contributed by atoms with Crippen LogP contribution >= 0.6 is 15.9 Å². The van der Waals surface area contributed by atoms with Crippen LogP contribution in [-0.2, 0) is 0 Å². The molecule has 0 fully saturated rings. The zero-order chi connectivity index (χ0) is 8.43. The first-order valence-corrected chi connectivity index (χ1v) is 3.97. The molecule has 1 atom stereocenters. The van der Waals surface area contributed by atoms with E-state index in [9.17, 15) is 4.39 Å². The van der Waals surface area contributed by atoms with Gasteiger partial charge in [0.25, 0.3) is 0 Å². The van der Waals surface area contributed by atoms with Crippen LogP contribution in [-0.4, -0.2) is 4.98 Å². The number of pyridine rings is 1. The first-order valence-electron chi connectivity index (χ1n) is 3.18. The van der Waals surface area contributed by atoms with E-state index in [0.29, 0.717) is 5.56 Å². The molecule has 2 nitrogen and oxygen atoms in total. The van der Waals surface area contributed by atoms with Crippen molar-refractivity contribution in [2.45, 2.75) is 13.0 Å². The number of rotatable bonds is 1. The molecule has 2 N–H and O–H groups in total. The predicted octanol–water partition coefficient (Wildman–Crippen LogP) is 2.00. The summed E-state index contributed by atoms with van der Waals surface area (Å²) in [6.45, 7) is 1.71. The Morgan fingerprint density at radius 3 is 2.82 bits per heavy atom. The van der Waals surface area contributed by atoms with Crippen LogP contribution in [0.1, 0.15) is 18.5 Å². The Bertz CT molecular complexity index is 263. The van der Waals surface area contributed by atoms with Crippen LogP contribution < -0.4 is 5.73 Å². The molecule has 0 bridgehead atoms. The third-order valence-electron chi connectivity index (χ3n) is 1.32. The van der Waals surface area contributed by atoms with Gasteiger partial charge in [0.2, 0.25) is 5.95 Å². The summed E-state index contributed by atoms with van der Waals surface area (Å²) >= 11 is 3.18. The summed E-state index contributed by atoms with van der Waals surface area (Å²) in [4.78, 5) is 3.51. The normalized spacial score (nSPS) is 13.1. The number of hydrogen-bond acceptors (Lipinski definition) is 2. The zero-order valence-electron chi connectivity index (χ0n) is 6.01. The number of nitrogens with two attached hydrogens (primary N) is 1. The van der Waals surface area contributed by atoms with Crippen molar-refractivity contribution in [1.82, 2.24) is 4.98 Å². The quantitative estimate of drug-likeness (QED) is 0.733. The highest BCUT2D eigenvalue weighted by Gasteiger charge is 2.07. The second kappa shape index (κ2) is 3.28. The summed E-state index contributed by atoms with van der Waals surface area (Å²) in [5, 5.41) is 0. The molecule has 11 heavy (non-hydrogen) atoms. The maximum absolute atomic E-state index is 12.8. The zero-order valence-corrected chi connectivity index (χ0v) is 7.60. The summed E-state index contributed by atoms with van der Waals surface area (Å²) in [5.41, 5.74) is 5.91. The first kappa shape index (κ1) is 8.62. The Labute approximate surface area is 72.8 Å². The van der Waals surface area contributed by atoms with Gasteiger partial charge in [0.1, 0.15) is 0 Å². The van der Waals surface area contributed by atoms with Crippen LogP contribution in [0.25, 0.3) is 0 Å². The lowest BCUT2D eigenvalue weighted by Gasteiger charge is -2.05. The fraction of sp³-hybridized carbons (Fsp3) is 0.286. The van der Waals surface area contributed by atoms with E-state index in [0.717, 1.165) is 4.47 Å². The molecule has 0 saturated carbocycles. The lowest BCUT2D eigenvalue weighted by molar-refractivity contribution is 0.552. The summed E-state index contributed by atoms with van der Waals surface area (Å²) in [6.07, 6.45) is 1.40. The largest absolute Gasteiger partial charge is 0.324 e. The minimum Gasteiger partial charge on any atom is -0.324 e. The van der Waals surface area contributed by atoms with E-state index in [1.807, 2.05) is 0 Å². The van der Waals surface area contributed by atoms with Gasteiger partial charge >= 0.3 is 0 Å². The second-order valence-corrected chi connectivity index (χ2v) is 3.24. The number of halogens is 2. The maximum atomic E-state index is 12.8. The van der Waals surface area contributed by atoms with E-state index in [1.165, 1.54) is 6.20 Å². The van der Waals surface area contributed by atoms with Gasteiger partial charge in [-0.2, -0.15) is 4.39 Å². The molecule has 0 saturated heterocycles. The van der Waals surface area contributed by atoms with Gasteiger partial charge in [-0.25, -0.2) is 4.98 Å². The Kier molecular flexibility index (Phi) is 2.57. The lowest BCUT2D eigenvalue weighted by Crippen LogP contribution is -2.08. The molecule has 0 unspecified atom stereocenters. The van der Waals surface area contributed by atoms with Gasteiger partial charge in [0, 0.05) is 22.3 Å². The van der Waals surface area contributed by atoms with Crippen molar-refractivity contribution in [2.75, 3.05) is 0 Å². The minimum absolute atomic E-state index is 0.319. The molecule has 1 aromatic heterocycles. The van der Waals surface area contributed by atoms with Crippen molar-refractivity contribution in [2.24, 2.45) is 5.73 Å². The summed E-state index contributed by atoms with van der Waals surface area (Å²) < 4.78 is 13.6. The van der Waals surface area contributed by atoms with E-state index >= 15 is 0 Å². The molecule has 0 aliphatic heterocycles. The van der Waals surface area contributed by atoms with Crippen LogP contribution in [0.4, 0.5) is 4.39 Å². The average Bonchev–Trinajstić information content (AvgIpc) is 1.94. The third kappa shape index (κ3) is 1.97. The van der Waals surface area contributed by atoms with Crippen LogP contribution in [0, 0.1) is 5.95 Å². The molecule has 1 heterocycles. The van der Waals surface area contributed by atoms with E-state index in [2.05, 4.69) is 20.9 Å². The highest BCUT2D eigenvalue weighted by molar-refractivity contribution is 9.10. The predicted molar refractivity (Wildman–Crippen MR) is 44.5 cm³/mol. The van der Waals surface area contributed by atoms with Gasteiger partial charge in [-0.1, -0.05) is 0 Å². The van der Waals surface area contributed by atoms with Crippen LogP contribution in [0.5, 0.6) is 0 Å². The van der Waals surface area contributed by atoms with Gasteiger partial charge in [-0.3, -0.25) is 0 Å². The number of hydrogen-bond donors (Lipinski definition) is 1. The summed E-state index contributed by atoms with van der Waals surface area (Å²) in [6, 6.07) is 1.31. The molecule has 0 aliphatic rings. The van der Waals surface area contributed by atoms with Crippen molar-refractivity contribution < 1.29 is 4.39 Å². The first-order chi connectivity index (χ1) is 5.11. The highest BCUT2D eigenvalue weighted by atomic mass is 79.9. The minimum atomic E-state index is -0.497. The van der Waals surface area contributed by atoms with E-state index < -0.39 is 5.95 Å². The van der Waals surface area contributed by atoms with Crippen LogP contribution in [0.3, 0.4) is 0 Å². The lowest BCUT2D eigenvalue weighted by atomic mass is 10.1. The molecule has 1 aromatic rings. The highest BCUT2D eigenvalue weighted by Crippen LogP contribution is 2.17. The standard InChI is InChI=1S/C7H8BrFN2/c1-4(10)6-2-5(8)3-11-7(6)9/h2-4H,10H2,1H3/t4-/m1/s1. The molecule has 0 amide bonds. The molecule has 0 aromatic carbocycles. The molecule has 1 rings (SSSR count). The van der Waals surface area contributed by atoms with E-state index in [-0.39, 0.29) is 6.04 Å². The van der Waals surface area contributed by atoms with Crippen molar-refractivity contribution in [3.05, 3.63) is 28.2 Å².